The van der Waals surface area contributed by atoms with E-state index in [0.29, 0.717) is 6.54 Å². The highest BCUT2D eigenvalue weighted by Crippen LogP contribution is 2.16. The summed E-state index contributed by atoms with van der Waals surface area (Å²) in [7, 11) is 1.93. The summed E-state index contributed by atoms with van der Waals surface area (Å²) < 4.78 is 1.91. The molecule has 0 spiro atoms. The maximum absolute atomic E-state index is 6.09. The molecule has 1 unspecified atom stereocenters. The average Bonchev–Trinajstić information content (AvgIpc) is 2.74. The summed E-state index contributed by atoms with van der Waals surface area (Å²) in [5.74, 6) is 0.914. The highest BCUT2D eigenvalue weighted by Gasteiger charge is 2.10. The minimum absolute atomic E-state index is 0.138. The van der Waals surface area contributed by atoms with Crippen LogP contribution in [0.25, 0.3) is 0 Å². The van der Waals surface area contributed by atoms with Crippen LogP contribution in [0.2, 0.25) is 5.02 Å². The number of aromatic nitrogens is 3. The SMILES string of the molecule is CC(NCc1ccccc1Cl)c1nncn1C. The quantitative estimate of drug-likeness (QED) is 0.906. The molecule has 0 amide bonds. The van der Waals surface area contributed by atoms with E-state index in [1.165, 1.54) is 0 Å². The fraction of sp³-hybridized carbons (Fsp3) is 0.333. The summed E-state index contributed by atoms with van der Waals surface area (Å²) in [5, 5.41) is 12.1. The van der Waals surface area contributed by atoms with Crippen LogP contribution in [0.15, 0.2) is 30.6 Å². The zero-order valence-electron chi connectivity index (χ0n) is 9.89. The first-order chi connectivity index (χ1) is 8.18. The van der Waals surface area contributed by atoms with E-state index in [1.54, 1.807) is 6.33 Å². The maximum atomic E-state index is 6.09. The van der Waals surface area contributed by atoms with Gasteiger partial charge in [0.2, 0.25) is 0 Å². The molecule has 2 aromatic rings. The lowest BCUT2D eigenvalue weighted by atomic mass is 10.2. The number of benzene rings is 1. The number of aryl methyl sites for hydroxylation is 1. The Labute approximate surface area is 106 Å². The number of nitrogens with zero attached hydrogens (tertiary/aromatic N) is 3. The van der Waals surface area contributed by atoms with Crippen molar-refractivity contribution in [3.63, 3.8) is 0 Å². The first-order valence-corrected chi connectivity index (χ1v) is 5.87. The van der Waals surface area contributed by atoms with Crippen molar-refractivity contribution >= 4 is 11.6 Å². The van der Waals surface area contributed by atoms with Gasteiger partial charge in [0.1, 0.15) is 12.2 Å². The van der Waals surface area contributed by atoms with Crippen LogP contribution >= 0.6 is 11.6 Å². The molecule has 0 saturated carbocycles. The Bertz CT molecular complexity index is 495. The van der Waals surface area contributed by atoms with Gasteiger partial charge < -0.3 is 9.88 Å². The van der Waals surface area contributed by atoms with E-state index in [9.17, 15) is 0 Å². The largest absolute Gasteiger partial charge is 0.319 e. The van der Waals surface area contributed by atoms with Crippen molar-refractivity contribution in [3.05, 3.63) is 47.0 Å². The first-order valence-electron chi connectivity index (χ1n) is 5.49. The molecule has 90 valence electrons. The van der Waals surface area contributed by atoms with Gasteiger partial charge in [-0.1, -0.05) is 29.8 Å². The topological polar surface area (TPSA) is 42.7 Å². The van der Waals surface area contributed by atoms with Crippen molar-refractivity contribution in [1.29, 1.82) is 0 Å². The Morgan fingerprint density at radius 1 is 1.41 bits per heavy atom. The van der Waals surface area contributed by atoms with Gasteiger partial charge >= 0.3 is 0 Å². The molecule has 0 bridgehead atoms. The number of hydrogen-bond donors (Lipinski definition) is 1. The van der Waals surface area contributed by atoms with Crippen LogP contribution in [-0.4, -0.2) is 14.8 Å². The lowest BCUT2D eigenvalue weighted by Crippen LogP contribution is -2.21. The summed E-state index contributed by atoms with van der Waals surface area (Å²) in [6, 6.07) is 7.96. The number of rotatable bonds is 4. The zero-order valence-corrected chi connectivity index (χ0v) is 10.6. The van der Waals surface area contributed by atoms with Gasteiger partial charge in [-0.3, -0.25) is 0 Å². The predicted octanol–water partition coefficient (Wildman–Crippen LogP) is 2.32. The van der Waals surface area contributed by atoms with Gasteiger partial charge in [0.25, 0.3) is 0 Å². The van der Waals surface area contributed by atoms with E-state index in [1.807, 2.05) is 35.9 Å². The van der Waals surface area contributed by atoms with E-state index >= 15 is 0 Å². The van der Waals surface area contributed by atoms with E-state index in [2.05, 4.69) is 22.4 Å². The van der Waals surface area contributed by atoms with Crippen LogP contribution in [0.3, 0.4) is 0 Å². The summed E-state index contributed by atoms with van der Waals surface area (Å²) in [6.45, 7) is 2.77. The smallest absolute Gasteiger partial charge is 0.149 e. The average molecular weight is 251 g/mol. The van der Waals surface area contributed by atoms with Crippen LogP contribution in [-0.2, 0) is 13.6 Å². The lowest BCUT2D eigenvalue weighted by molar-refractivity contribution is 0.528. The van der Waals surface area contributed by atoms with E-state index in [4.69, 9.17) is 11.6 Å². The van der Waals surface area contributed by atoms with Crippen molar-refractivity contribution < 1.29 is 0 Å². The fourth-order valence-corrected chi connectivity index (χ4v) is 1.88. The first kappa shape index (κ1) is 12.1. The van der Waals surface area contributed by atoms with Crippen LogP contribution in [0.1, 0.15) is 24.4 Å². The summed E-state index contributed by atoms with van der Waals surface area (Å²) in [5.41, 5.74) is 1.09. The molecule has 5 heteroatoms. The molecule has 2 rings (SSSR count). The molecular formula is C12H15ClN4. The lowest BCUT2D eigenvalue weighted by Gasteiger charge is -2.13. The van der Waals surface area contributed by atoms with Crippen molar-refractivity contribution in [3.8, 4) is 0 Å². The van der Waals surface area contributed by atoms with Gasteiger partial charge in [-0.25, -0.2) is 0 Å². The number of nitrogens with one attached hydrogen (secondary N) is 1. The molecule has 0 fully saturated rings. The van der Waals surface area contributed by atoms with Crippen molar-refractivity contribution in [2.75, 3.05) is 0 Å². The zero-order chi connectivity index (χ0) is 12.3. The fourth-order valence-electron chi connectivity index (χ4n) is 1.68. The van der Waals surface area contributed by atoms with Crippen LogP contribution in [0.5, 0.6) is 0 Å². The Hall–Kier alpha value is -1.39. The normalized spacial score (nSPS) is 12.6. The molecule has 0 aliphatic carbocycles. The van der Waals surface area contributed by atoms with E-state index in [-0.39, 0.29) is 6.04 Å². The molecule has 17 heavy (non-hydrogen) atoms. The molecule has 1 atom stereocenters. The molecule has 1 N–H and O–H groups in total. The molecule has 4 nitrogen and oxygen atoms in total. The molecule has 0 saturated heterocycles. The monoisotopic (exact) mass is 250 g/mol. The van der Waals surface area contributed by atoms with Crippen LogP contribution < -0.4 is 5.32 Å². The third-order valence-corrected chi connectivity index (χ3v) is 3.06. The standard InChI is InChI=1S/C12H15ClN4/c1-9(12-16-15-8-17(12)2)14-7-10-5-3-4-6-11(10)13/h3-6,8-9,14H,7H2,1-2H3. The summed E-state index contributed by atoms with van der Waals surface area (Å²) in [4.78, 5) is 0. The maximum Gasteiger partial charge on any atom is 0.149 e. The van der Waals surface area contributed by atoms with Gasteiger partial charge in [-0.05, 0) is 18.6 Å². The van der Waals surface area contributed by atoms with Gasteiger partial charge in [0.15, 0.2) is 0 Å². The second-order valence-corrected chi connectivity index (χ2v) is 4.40. The van der Waals surface area contributed by atoms with Crippen LogP contribution in [0, 0.1) is 0 Å². The van der Waals surface area contributed by atoms with Gasteiger partial charge in [-0.15, -0.1) is 10.2 Å². The third kappa shape index (κ3) is 2.84. The minimum atomic E-state index is 0.138. The van der Waals surface area contributed by atoms with Crippen molar-refractivity contribution in [2.24, 2.45) is 7.05 Å². The van der Waals surface area contributed by atoms with Crippen LogP contribution in [0.4, 0.5) is 0 Å². The third-order valence-electron chi connectivity index (χ3n) is 2.69. The highest BCUT2D eigenvalue weighted by atomic mass is 35.5. The molecule has 1 heterocycles. The van der Waals surface area contributed by atoms with Gasteiger partial charge in [-0.2, -0.15) is 0 Å². The Morgan fingerprint density at radius 2 is 2.18 bits per heavy atom. The molecule has 1 aromatic carbocycles. The summed E-state index contributed by atoms with van der Waals surface area (Å²) in [6.07, 6.45) is 1.70. The number of halogens is 1. The molecule has 1 aromatic heterocycles. The Kier molecular flexibility index (Phi) is 3.76. The van der Waals surface area contributed by atoms with Crippen molar-refractivity contribution in [1.82, 2.24) is 20.1 Å². The van der Waals surface area contributed by atoms with Crippen molar-refractivity contribution in [2.45, 2.75) is 19.5 Å². The molecule has 0 aliphatic heterocycles. The molecule has 0 aliphatic rings. The number of hydrogen-bond acceptors (Lipinski definition) is 3. The van der Waals surface area contributed by atoms with Gasteiger partial charge in [0.05, 0.1) is 6.04 Å². The van der Waals surface area contributed by atoms with Gasteiger partial charge in [0, 0.05) is 18.6 Å². The Morgan fingerprint density at radius 3 is 2.82 bits per heavy atom. The highest BCUT2D eigenvalue weighted by molar-refractivity contribution is 6.31. The second-order valence-electron chi connectivity index (χ2n) is 3.99. The predicted molar refractivity (Wildman–Crippen MR) is 67.7 cm³/mol. The molecular weight excluding hydrogens is 236 g/mol. The second kappa shape index (κ2) is 5.29. The minimum Gasteiger partial charge on any atom is -0.319 e. The Balaban J connectivity index is 2.00. The molecule has 0 radical (unpaired) electrons. The van der Waals surface area contributed by atoms with E-state index < -0.39 is 0 Å². The summed E-state index contributed by atoms with van der Waals surface area (Å²) >= 11 is 6.09. The van der Waals surface area contributed by atoms with E-state index in [0.717, 1.165) is 16.4 Å².